The molecule has 2 aromatic carbocycles. The zero-order valence-corrected chi connectivity index (χ0v) is 10.7. The Bertz CT molecular complexity index is 677. The topological polar surface area (TPSA) is 13.1 Å². The fourth-order valence-corrected chi connectivity index (χ4v) is 2.16. The van der Waals surface area contributed by atoms with Gasteiger partial charge in [0, 0.05) is 11.5 Å². The third kappa shape index (κ3) is 1.92. The van der Waals surface area contributed by atoms with Crippen LogP contribution in [-0.4, -0.2) is 0 Å². The highest BCUT2D eigenvalue weighted by Gasteiger charge is 2.07. The Morgan fingerprint density at radius 1 is 0.833 bits per heavy atom. The lowest BCUT2D eigenvalue weighted by molar-refractivity contribution is 0.498. The van der Waals surface area contributed by atoms with E-state index >= 15 is 0 Å². The SMILES string of the molecule is CC(C)c1ccc(-c2ccc3ccccc3c2)o1. The molecule has 3 rings (SSSR count). The molecule has 0 saturated heterocycles. The van der Waals surface area contributed by atoms with Crippen LogP contribution in [0.4, 0.5) is 0 Å². The Morgan fingerprint density at radius 3 is 2.33 bits per heavy atom. The van der Waals surface area contributed by atoms with E-state index in [0.29, 0.717) is 5.92 Å². The van der Waals surface area contributed by atoms with Gasteiger partial charge in [-0.15, -0.1) is 0 Å². The van der Waals surface area contributed by atoms with Crippen molar-refractivity contribution in [2.75, 3.05) is 0 Å². The van der Waals surface area contributed by atoms with Gasteiger partial charge in [-0.1, -0.05) is 50.2 Å². The summed E-state index contributed by atoms with van der Waals surface area (Å²) < 4.78 is 5.88. The van der Waals surface area contributed by atoms with Crippen molar-refractivity contribution >= 4 is 10.8 Å². The second kappa shape index (κ2) is 4.34. The van der Waals surface area contributed by atoms with E-state index in [2.05, 4.69) is 68.4 Å². The molecule has 1 heterocycles. The summed E-state index contributed by atoms with van der Waals surface area (Å²) in [6.07, 6.45) is 0. The van der Waals surface area contributed by atoms with Crippen molar-refractivity contribution in [2.45, 2.75) is 19.8 Å². The number of benzene rings is 2. The first kappa shape index (κ1) is 11.1. The van der Waals surface area contributed by atoms with Crippen LogP contribution in [0.2, 0.25) is 0 Å². The van der Waals surface area contributed by atoms with Crippen molar-refractivity contribution in [3.8, 4) is 11.3 Å². The summed E-state index contributed by atoms with van der Waals surface area (Å²) in [6, 6.07) is 18.9. The summed E-state index contributed by atoms with van der Waals surface area (Å²) in [5.41, 5.74) is 1.14. The molecule has 0 radical (unpaired) electrons. The molecule has 0 aliphatic heterocycles. The maximum absolute atomic E-state index is 5.88. The second-order valence-corrected chi connectivity index (χ2v) is 4.92. The number of fused-ring (bicyclic) bond motifs is 1. The summed E-state index contributed by atoms with van der Waals surface area (Å²) >= 11 is 0. The molecule has 0 N–H and O–H groups in total. The van der Waals surface area contributed by atoms with Gasteiger partial charge in [-0.05, 0) is 29.0 Å². The number of rotatable bonds is 2. The van der Waals surface area contributed by atoms with Crippen LogP contribution in [0, 0.1) is 0 Å². The van der Waals surface area contributed by atoms with Crippen molar-refractivity contribution in [2.24, 2.45) is 0 Å². The lowest BCUT2D eigenvalue weighted by atomic mass is 10.1. The first-order valence-electron chi connectivity index (χ1n) is 6.33. The zero-order chi connectivity index (χ0) is 12.5. The molecule has 0 unspecified atom stereocenters. The first-order valence-corrected chi connectivity index (χ1v) is 6.33. The molecular formula is C17H16O. The van der Waals surface area contributed by atoms with Crippen LogP contribution in [-0.2, 0) is 0 Å². The molecule has 90 valence electrons. The summed E-state index contributed by atoms with van der Waals surface area (Å²) in [7, 11) is 0. The summed E-state index contributed by atoms with van der Waals surface area (Å²) in [4.78, 5) is 0. The van der Waals surface area contributed by atoms with Gasteiger partial charge in [-0.25, -0.2) is 0 Å². The van der Waals surface area contributed by atoms with E-state index in [1.54, 1.807) is 0 Å². The van der Waals surface area contributed by atoms with E-state index in [-0.39, 0.29) is 0 Å². The third-order valence-electron chi connectivity index (χ3n) is 3.23. The molecule has 3 aromatic rings. The van der Waals surface area contributed by atoms with Gasteiger partial charge in [-0.3, -0.25) is 0 Å². The standard InChI is InChI=1S/C17H16O/c1-12(2)16-9-10-17(18-16)15-8-7-13-5-3-4-6-14(13)11-15/h3-12H,1-2H3. The lowest BCUT2D eigenvalue weighted by Crippen LogP contribution is -1.81. The van der Waals surface area contributed by atoms with Gasteiger partial charge in [-0.2, -0.15) is 0 Å². The molecule has 0 saturated carbocycles. The van der Waals surface area contributed by atoms with E-state index in [4.69, 9.17) is 4.42 Å². The molecule has 1 heteroatoms. The predicted octanol–water partition coefficient (Wildman–Crippen LogP) is 5.22. The maximum Gasteiger partial charge on any atom is 0.134 e. The summed E-state index contributed by atoms with van der Waals surface area (Å²) in [6.45, 7) is 4.28. The van der Waals surface area contributed by atoms with Gasteiger partial charge in [0.25, 0.3) is 0 Å². The monoisotopic (exact) mass is 236 g/mol. The highest BCUT2D eigenvalue weighted by molar-refractivity contribution is 5.86. The highest BCUT2D eigenvalue weighted by atomic mass is 16.3. The molecule has 18 heavy (non-hydrogen) atoms. The van der Waals surface area contributed by atoms with Crippen LogP contribution in [0.15, 0.2) is 59.0 Å². The minimum absolute atomic E-state index is 0.430. The quantitative estimate of drug-likeness (QED) is 0.594. The Balaban J connectivity index is 2.07. The van der Waals surface area contributed by atoms with Crippen molar-refractivity contribution in [1.82, 2.24) is 0 Å². The Kier molecular flexibility index (Phi) is 2.67. The van der Waals surface area contributed by atoms with Gasteiger partial charge in [0.05, 0.1) is 0 Å². The van der Waals surface area contributed by atoms with Crippen LogP contribution >= 0.6 is 0 Å². The Morgan fingerprint density at radius 2 is 1.61 bits per heavy atom. The minimum atomic E-state index is 0.430. The average molecular weight is 236 g/mol. The summed E-state index contributed by atoms with van der Waals surface area (Å²) in [5, 5.41) is 2.51. The van der Waals surface area contributed by atoms with Crippen LogP contribution in [0.5, 0.6) is 0 Å². The number of furan rings is 1. The van der Waals surface area contributed by atoms with Crippen molar-refractivity contribution < 1.29 is 4.42 Å². The molecule has 1 nitrogen and oxygen atoms in total. The normalized spacial score (nSPS) is 11.3. The third-order valence-corrected chi connectivity index (χ3v) is 3.23. The smallest absolute Gasteiger partial charge is 0.134 e. The van der Waals surface area contributed by atoms with Gasteiger partial charge in [0.2, 0.25) is 0 Å². The summed E-state index contributed by atoms with van der Waals surface area (Å²) in [5.74, 6) is 2.42. The first-order chi connectivity index (χ1) is 8.74. The number of hydrogen-bond acceptors (Lipinski definition) is 1. The molecule has 0 aliphatic carbocycles. The fraction of sp³-hybridized carbons (Fsp3) is 0.176. The molecule has 0 aliphatic rings. The zero-order valence-electron chi connectivity index (χ0n) is 10.7. The van der Waals surface area contributed by atoms with Crippen LogP contribution in [0.1, 0.15) is 25.5 Å². The van der Waals surface area contributed by atoms with E-state index in [1.807, 2.05) is 0 Å². The second-order valence-electron chi connectivity index (χ2n) is 4.92. The average Bonchev–Trinajstić information content (AvgIpc) is 2.88. The molecule has 0 bridgehead atoms. The fourth-order valence-electron chi connectivity index (χ4n) is 2.16. The van der Waals surface area contributed by atoms with Gasteiger partial charge < -0.3 is 4.42 Å². The molecule has 0 fully saturated rings. The van der Waals surface area contributed by atoms with Crippen molar-refractivity contribution in [3.63, 3.8) is 0 Å². The van der Waals surface area contributed by atoms with Crippen LogP contribution < -0.4 is 0 Å². The van der Waals surface area contributed by atoms with Crippen molar-refractivity contribution in [3.05, 3.63) is 60.4 Å². The van der Waals surface area contributed by atoms with Gasteiger partial charge >= 0.3 is 0 Å². The largest absolute Gasteiger partial charge is 0.461 e. The predicted molar refractivity (Wildman–Crippen MR) is 75.7 cm³/mol. The molecule has 0 amide bonds. The van der Waals surface area contributed by atoms with Crippen molar-refractivity contribution in [1.29, 1.82) is 0 Å². The van der Waals surface area contributed by atoms with Crippen LogP contribution in [0.3, 0.4) is 0 Å². The molecular weight excluding hydrogens is 220 g/mol. The Labute approximate surface area is 107 Å². The lowest BCUT2D eigenvalue weighted by Gasteiger charge is -2.02. The van der Waals surface area contributed by atoms with E-state index in [1.165, 1.54) is 10.8 Å². The maximum atomic E-state index is 5.88. The molecule has 0 atom stereocenters. The van der Waals surface area contributed by atoms with E-state index in [9.17, 15) is 0 Å². The Hall–Kier alpha value is -2.02. The van der Waals surface area contributed by atoms with Gasteiger partial charge in [0.15, 0.2) is 0 Å². The van der Waals surface area contributed by atoms with Crippen LogP contribution in [0.25, 0.3) is 22.1 Å². The van der Waals surface area contributed by atoms with E-state index in [0.717, 1.165) is 17.1 Å². The highest BCUT2D eigenvalue weighted by Crippen LogP contribution is 2.28. The van der Waals surface area contributed by atoms with E-state index < -0.39 is 0 Å². The van der Waals surface area contributed by atoms with Gasteiger partial charge in [0.1, 0.15) is 11.5 Å². The number of hydrogen-bond donors (Lipinski definition) is 0. The minimum Gasteiger partial charge on any atom is -0.461 e. The molecule has 1 aromatic heterocycles. The molecule has 0 spiro atoms.